The monoisotopic (exact) mass is 331 g/mol. The van der Waals surface area contributed by atoms with E-state index in [1.807, 2.05) is 33.8 Å². The summed E-state index contributed by atoms with van der Waals surface area (Å²) in [5, 5.41) is 19.4. The van der Waals surface area contributed by atoms with Gasteiger partial charge in [0.1, 0.15) is 0 Å². The summed E-state index contributed by atoms with van der Waals surface area (Å²) in [6.07, 6.45) is 3.16. The van der Waals surface area contributed by atoms with E-state index < -0.39 is 5.54 Å². The maximum absolute atomic E-state index is 12.1. The summed E-state index contributed by atoms with van der Waals surface area (Å²) in [5.41, 5.74) is 1.87. The van der Waals surface area contributed by atoms with E-state index in [9.17, 15) is 9.90 Å². The number of rotatable bonds is 6. The molecule has 0 aliphatic heterocycles. The molecular formula is C17H25N5O2. The number of nitrogens with one attached hydrogen (secondary N) is 2. The normalized spacial score (nSPS) is 13.4. The van der Waals surface area contributed by atoms with E-state index in [-0.39, 0.29) is 12.6 Å². The minimum atomic E-state index is -0.629. The summed E-state index contributed by atoms with van der Waals surface area (Å²) >= 11 is 0. The quantitative estimate of drug-likeness (QED) is 0.758. The molecule has 0 aromatic carbocycles. The van der Waals surface area contributed by atoms with Crippen LogP contribution in [0.15, 0.2) is 24.4 Å². The Morgan fingerprint density at radius 3 is 2.62 bits per heavy atom. The molecule has 0 radical (unpaired) electrons. The first-order valence-corrected chi connectivity index (χ1v) is 8.06. The van der Waals surface area contributed by atoms with Crippen molar-refractivity contribution < 1.29 is 9.90 Å². The van der Waals surface area contributed by atoms with Gasteiger partial charge in [0.05, 0.1) is 29.7 Å². The Labute approximate surface area is 142 Å². The maximum Gasteiger partial charge on any atom is 0.319 e. The number of carbonyl (C=O) groups is 1. The number of anilines is 1. The molecule has 2 heterocycles. The smallest absolute Gasteiger partial charge is 0.319 e. The molecule has 2 aromatic heterocycles. The molecule has 2 amide bonds. The molecule has 3 N–H and O–H groups in total. The van der Waals surface area contributed by atoms with Gasteiger partial charge in [-0.25, -0.2) is 14.5 Å². The zero-order valence-electron chi connectivity index (χ0n) is 14.6. The van der Waals surface area contributed by atoms with Crippen molar-refractivity contribution in [2.45, 2.75) is 46.1 Å². The number of amides is 2. The summed E-state index contributed by atoms with van der Waals surface area (Å²) in [5.74, 6) is 0.692. The zero-order valence-corrected chi connectivity index (χ0v) is 14.6. The maximum atomic E-state index is 12.1. The summed E-state index contributed by atoms with van der Waals surface area (Å²) in [6.45, 7) is 7.61. The van der Waals surface area contributed by atoms with Crippen LogP contribution in [0, 0.1) is 13.8 Å². The van der Waals surface area contributed by atoms with Crippen LogP contribution in [0.2, 0.25) is 0 Å². The number of urea groups is 1. The van der Waals surface area contributed by atoms with Crippen LogP contribution < -0.4 is 10.6 Å². The van der Waals surface area contributed by atoms with Crippen molar-refractivity contribution in [1.82, 2.24) is 20.1 Å². The van der Waals surface area contributed by atoms with Gasteiger partial charge in [-0.05, 0) is 45.4 Å². The van der Waals surface area contributed by atoms with Crippen LogP contribution in [-0.4, -0.2) is 38.0 Å². The third-order valence-electron chi connectivity index (χ3n) is 3.80. The number of aliphatic hydroxyl groups excluding tert-OH is 1. The van der Waals surface area contributed by atoms with Crippen LogP contribution in [0.4, 0.5) is 10.5 Å². The second-order valence-electron chi connectivity index (χ2n) is 6.29. The minimum absolute atomic E-state index is 0.108. The first-order valence-electron chi connectivity index (χ1n) is 8.06. The summed E-state index contributed by atoms with van der Waals surface area (Å²) in [4.78, 5) is 16.4. The Morgan fingerprint density at radius 2 is 2.12 bits per heavy atom. The lowest BCUT2D eigenvalue weighted by atomic mass is 9.98. The van der Waals surface area contributed by atoms with Crippen molar-refractivity contribution in [3.05, 3.63) is 35.8 Å². The van der Waals surface area contributed by atoms with E-state index in [2.05, 4.69) is 20.7 Å². The summed E-state index contributed by atoms with van der Waals surface area (Å²) < 4.78 is 1.75. The van der Waals surface area contributed by atoms with E-state index in [1.54, 1.807) is 23.0 Å². The Balaban J connectivity index is 2.03. The minimum Gasteiger partial charge on any atom is -0.394 e. The molecule has 2 rings (SSSR count). The fraction of sp³-hybridized carbons (Fsp3) is 0.471. The molecule has 0 spiro atoms. The highest BCUT2D eigenvalue weighted by Gasteiger charge is 2.24. The summed E-state index contributed by atoms with van der Waals surface area (Å²) in [6, 6.07) is 5.19. The topological polar surface area (TPSA) is 92.1 Å². The van der Waals surface area contributed by atoms with E-state index in [0.717, 1.165) is 17.8 Å². The molecule has 0 fully saturated rings. The van der Waals surface area contributed by atoms with Gasteiger partial charge < -0.3 is 15.7 Å². The van der Waals surface area contributed by atoms with Gasteiger partial charge in [0.25, 0.3) is 0 Å². The SMILES string of the molecule is CCCC(C)(CO)NC(=O)Nc1ccc(-n2nc(C)cc2C)nc1. The zero-order chi connectivity index (χ0) is 17.7. The van der Waals surface area contributed by atoms with Crippen LogP contribution in [0.3, 0.4) is 0 Å². The van der Waals surface area contributed by atoms with Gasteiger partial charge in [0, 0.05) is 5.69 Å². The Hall–Kier alpha value is -2.41. The first kappa shape index (κ1) is 17.9. The van der Waals surface area contributed by atoms with Gasteiger partial charge in [0.2, 0.25) is 0 Å². The molecule has 0 saturated carbocycles. The van der Waals surface area contributed by atoms with E-state index in [1.165, 1.54) is 0 Å². The van der Waals surface area contributed by atoms with Crippen molar-refractivity contribution >= 4 is 11.7 Å². The molecular weight excluding hydrogens is 306 g/mol. The van der Waals surface area contributed by atoms with Gasteiger partial charge in [-0.1, -0.05) is 13.3 Å². The third-order valence-corrected chi connectivity index (χ3v) is 3.80. The standard InChI is InChI=1S/C17H25N5O2/c1-5-8-17(4,11-23)20-16(24)19-14-6-7-15(18-10-14)22-13(3)9-12(2)21-22/h6-7,9-10,23H,5,8,11H2,1-4H3,(H2,19,20,24). The predicted molar refractivity (Wildman–Crippen MR) is 93.4 cm³/mol. The number of aromatic nitrogens is 3. The number of aliphatic hydroxyl groups is 1. The van der Waals surface area contributed by atoms with Crippen LogP contribution >= 0.6 is 0 Å². The van der Waals surface area contributed by atoms with Gasteiger partial charge in [-0.15, -0.1) is 0 Å². The van der Waals surface area contributed by atoms with Crippen molar-refractivity contribution in [2.24, 2.45) is 0 Å². The van der Waals surface area contributed by atoms with Gasteiger partial charge in [-0.2, -0.15) is 5.10 Å². The van der Waals surface area contributed by atoms with E-state index in [0.29, 0.717) is 17.9 Å². The molecule has 7 nitrogen and oxygen atoms in total. The molecule has 0 bridgehead atoms. The highest BCUT2D eigenvalue weighted by molar-refractivity contribution is 5.89. The number of hydrogen-bond donors (Lipinski definition) is 3. The van der Waals surface area contributed by atoms with Gasteiger partial charge in [-0.3, -0.25) is 0 Å². The lowest BCUT2D eigenvalue weighted by Gasteiger charge is -2.28. The molecule has 0 saturated heterocycles. The number of aryl methyl sites for hydroxylation is 2. The van der Waals surface area contributed by atoms with Gasteiger partial charge in [0.15, 0.2) is 5.82 Å². The average molecular weight is 331 g/mol. The number of hydrogen-bond acceptors (Lipinski definition) is 4. The summed E-state index contributed by atoms with van der Waals surface area (Å²) in [7, 11) is 0. The van der Waals surface area contributed by atoms with Crippen molar-refractivity contribution in [3.8, 4) is 5.82 Å². The number of pyridine rings is 1. The van der Waals surface area contributed by atoms with Crippen LogP contribution in [0.1, 0.15) is 38.1 Å². The average Bonchev–Trinajstić information content (AvgIpc) is 2.86. The molecule has 24 heavy (non-hydrogen) atoms. The van der Waals surface area contributed by atoms with Crippen LogP contribution in [0.5, 0.6) is 0 Å². The van der Waals surface area contributed by atoms with Crippen LogP contribution in [0.25, 0.3) is 5.82 Å². The Morgan fingerprint density at radius 1 is 1.38 bits per heavy atom. The first-order chi connectivity index (χ1) is 11.4. The predicted octanol–water partition coefficient (Wildman–Crippen LogP) is 2.56. The second-order valence-corrected chi connectivity index (χ2v) is 6.29. The lowest BCUT2D eigenvalue weighted by Crippen LogP contribution is -2.50. The fourth-order valence-corrected chi connectivity index (χ4v) is 2.62. The van der Waals surface area contributed by atoms with Crippen molar-refractivity contribution in [1.29, 1.82) is 0 Å². The molecule has 130 valence electrons. The highest BCUT2D eigenvalue weighted by Crippen LogP contribution is 2.14. The van der Waals surface area contributed by atoms with Crippen molar-refractivity contribution in [3.63, 3.8) is 0 Å². The molecule has 2 aromatic rings. The lowest BCUT2D eigenvalue weighted by molar-refractivity contribution is 0.167. The molecule has 7 heteroatoms. The molecule has 1 unspecified atom stereocenters. The molecule has 0 aliphatic carbocycles. The third kappa shape index (κ3) is 4.32. The number of nitrogens with zero attached hydrogens (tertiary/aromatic N) is 3. The molecule has 1 atom stereocenters. The largest absolute Gasteiger partial charge is 0.394 e. The van der Waals surface area contributed by atoms with E-state index >= 15 is 0 Å². The number of carbonyl (C=O) groups excluding carboxylic acids is 1. The van der Waals surface area contributed by atoms with Crippen LogP contribution in [-0.2, 0) is 0 Å². The molecule has 0 aliphatic rings. The Kier molecular flexibility index (Phi) is 5.56. The highest BCUT2D eigenvalue weighted by atomic mass is 16.3. The van der Waals surface area contributed by atoms with E-state index in [4.69, 9.17) is 0 Å². The van der Waals surface area contributed by atoms with Gasteiger partial charge >= 0.3 is 6.03 Å². The second kappa shape index (κ2) is 7.44. The Bertz CT molecular complexity index is 696. The van der Waals surface area contributed by atoms with Crippen molar-refractivity contribution in [2.75, 3.05) is 11.9 Å². The fourth-order valence-electron chi connectivity index (χ4n) is 2.62.